The fourth-order valence-corrected chi connectivity index (χ4v) is 2.16. The molecule has 1 aliphatic carbocycles. The normalized spacial score (nSPS) is 15.3. The number of rotatable bonds is 7. The van der Waals surface area contributed by atoms with Gasteiger partial charge in [0.05, 0.1) is 6.61 Å². The lowest BCUT2D eigenvalue weighted by molar-refractivity contribution is 0.139. The molecule has 0 aliphatic heterocycles. The molecule has 0 saturated heterocycles. The molecule has 0 radical (unpaired) electrons. The monoisotopic (exact) mass is 252 g/mol. The van der Waals surface area contributed by atoms with Crippen molar-refractivity contribution in [3.63, 3.8) is 0 Å². The van der Waals surface area contributed by atoms with Gasteiger partial charge in [-0.1, -0.05) is 12.1 Å². The zero-order valence-corrected chi connectivity index (χ0v) is 10.9. The number of hydrogen-bond donors (Lipinski definition) is 1. The molecule has 18 heavy (non-hydrogen) atoms. The van der Waals surface area contributed by atoms with E-state index < -0.39 is 0 Å². The van der Waals surface area contributed by atoms with Crippen LogP contribution < -0.4 is 5.73 Å². The van der Waals surface area contributed by atoms with E-state index in [1.165, 1.54) is 18.9 Å². The van der Waals surface area contributed by atoms with Crippen molar-refractivity contribution in [1.82, 2.24) is 4.90 Å². The Morgan fingerprint density at radius 2 is 2.22 bits per heavy atom. The van der Waals surface area contributed by atoms with E-state index in [2.05, 4.69) is 4.90 Å². The lowest BCUT2D eigenvalue weighted by Crippen LogP contribution is -2.29. The second-order valence-corrected chi connectivity index (χ2v) is 4.82. The Morgan fingerprint density at radius 3 is 2.83 bits per heavy atom. The molecule has 1 aromatic carbocycles. The minimum Gasteiger partial charge on any atom is -0.383 e. The molecule has 0 spiro atoms. The molecule has 1 saturated carbocycles. The molecule has 0 bridgehead atoms. The van der Waals surface area contributed by atoms with Crippen LogP contribution in [0.5, 0.6) is 0 Å². The fourth-order valence-electron chi connectivity index (χ4n) is 2.16. The van der Waals surface area contributed by atoms with Crippen LogP contribution in [-0.4, -0.2) is 31.2 Å². The Labute approximate surface area is 108 Å². The number of hydrogen-bond acceptors (Lipinski definition) is 3. The third kappa shape index (κ3) is 3.51. The summed E-state index contributed by atoms with van der Waals surface area (Å²) >= 11 is 0. The Balaban J connectivity index is 2.01. The first kappa shape index (κ1) is 13.5. The summed E-state index contributed by atoms with van der Waals surface area (Å²) < 4.78 is 18.5. The molecule has 1 aliphatic rings. The summed E-state index contributed by atoms with van der Waals surface area (Å²) in [5.41, 5.74) is 7.25. The van der Waals surface area contributed by atoms with Crippen LogP contribution in [0.25, 0.3) is 0 Å². The third-order valence-electron chi connectivity index (χ3n) is 3.36. The zero-order valence-electron chi connectivity index (χ0n) is 10.9. The van der Waals surface area contributed by atoms with Crippen molar-refractivity contribution in [2.75, 3.05) is 20.3 Å². The summed E-state index contributed by atoms with van der Waals surface area (Å²) in [5, 5.41) is 0. The van der Waals surface area contributed by atoms with Gasteiger partial charge in [0.15, 0.2) is 0 Å². The van der Waals surface area contributed by atoms with Gasteiger partial charge < -0.3 is 10.5 Å². The summed E-state index contributed by atoms with van der Waals surface area (Å²) in [6.07, 6.45) is 2.52. The number of ether oxygens (including phenoxy) is 1. The van der Waals surface area contributed by atoms with Crippen molar-refractivity contribution in [3.8, 4) is 0 Å². The molecular formula is C14H21FN2O. The van der Waals surface area contributed by atoms with Crippen LogP contribution in [-0.2, 0) is 17.8 Å². The lowest BCUT2D eigenvalue weighted by atomic mass is 10.1. The van der Waals surface area contributed by atoms with Crippen molar-refractivity contribution in [3.05, 3.63) is 35.1 Å². The first-order valence-electron chi connectivity index (χ1n) is 6.45. The van der Waals surface area contributed by atoms with Crippen LogP contribution in [0.3, 0.4) is 0 Å². The van der Waals surface area contributed by atoms with E-state index in [-0.39, 0.29) is 12.4 Å². The van der Waals surface area contributed by atoms with Gasteiger partial charge in [0.25, 0.3) is 0 Å². The van der Waals surface area contributed by atoms with Gasteiger partial charge in [0, 0.05) is 38.3 Å². The Hall–Kier alpha value is -0.970. The second-order valence-electron chi connectivity index (χ2n) is 4.82. The van der Waals surface area contributed by atoms with Gasteiger partial charge in [-0.3, -0.25) is 4.90 Å². The molecule has 1 aromatic rings. The van der Waals surface area contributed by atoms with Gasteiger partial charge in [-0.15, -0.1) is 0 Å². The number of methoxy groups -OCH3 is 1. The van der Waals surface area contributed by atoms with Gasteiger partial charge in [-0.2, -0.15) is 0 Å². The van der Waals surface area contributed by atoms with E-state index in [1.807, 2.05) is 12.1 Å². The van der Waals surface area contributed by atoms with Gasteiger partial charge in [-0.05, 0) is 24.5 Å². The minimum atomic E-state index is -0.212. The van der Waals surface area contributed by atoms with Gasteiger partial charge in [0.1, 0.15) is 5.82 Å². The first-order chi connectivity index (χ1) is 8.74. The van der Waals surface area contributed by atoms with E-state index in [1.54, 1.807) is 7.11 Å². The van der Waals surface area contributed by atoms with Crippen molar-refractivity contribution in [1.29, 1.82) is 0 Å². The molecule has 100 valence electrons. The van der Waals surface area contributed by atoms with E-state index in [4.69, 9.17) is 10.5 Å². The molecule has 0 amide bonds. The fraction of sp³-hybridized carbons (Fsp3) is 0.571. The smallest absolute Gasteiger partial charge is 0.127 e. The van der Waals surface area contributed by atoms with Crippen molar-refractivity contribution in [2.24, 2.45) is 5.73 Å². The Bertz CT molecular complexity index is 393. The molecule has 0 unspecified atom stereocenters. The highest BCUT2D eigenvalue weighted by molar-refractivity contribution is 5.25. The largest absolute Gasteiger partial charge is 0.383 e. The maximum absolute atomic E-state index is 13.4. The van der Waals surface area contributed by atoms with E-state index >= 15 is 0 Å². The van der Waals surface area contributed by atoms with Crippen LogP contribution in [0.4, 0.5) is 4.39 Å². The number of benzene rings is 1. The van der Waals surface area contributed by atoms with Gasteiger partial charge >= 0.3 is 0 Å². The van der Waals surface area contributed by atoms with Crippen molar-refractivity contribution in [2.45, 2.75) is 32.0 Å². The molecule has 0 aromatic heterocycles. The van der Waals surface area contributed by atoms with Crippen molar-refractivity contribution < 1.29 is 9.13 Å². The topological polar surface area (TPSA) is 38.5 Å². The average Bonchev–Trinajstić information content (AvgIpc) is 3.20. The van der Waals surface area contributed by atoms with Crippen LogP contribution >= 0.6 is 0 Å². The molecule has 2 N–H and O–H groups in total. The number of nitrogens with zero attached hydrogens (tertiary/aromatic N) is 1. The van der Waals surface area contributed by atoms with Crippen LogP contribution in [0.1, 0.15) is 24.0 Å². The highest BCUT2D eigenvalue weighted by atomic mass is 19.1. The van der Waals surface area contributed by atoms with Crippen LogP contribution in [0.15, 0.2) is 18.2 Å². The third-order valence-corrected chi connectivity index (χ3v) is 3.36. The summed E-state index contributed by atoms with van der Waals surface area (Å²) in [6, 6.07) is 5.90. The molecule has 3 nitrogen and oxygen atoms in total. The van der Waals surface area contributed by atoms with E-state index in [9.17, 15) is 4.39 Å². The maximum atomic E-state index is 13.4. The second kappa shape index (κ2) is 6.27. The molecule has 1 fully saturated rings. The summed E-state index contributed by atoms with van der Waals surface area (Å²) in [6.45, 7) is 2.76. The van der Waals surface area contributed by atoms with Crippen LogP contribution in [0.2, 0.25) is 0 Å². The number of nitrogens with two attached hydrogens (primary N) is 1. The highest BCUT2D eigenvalue weighted by Crippen LogP contribution is 2.28. The predicted octanol–water partition coefficient (Wildman–Crippen LogP) is 1.90. The molecule has 0 atom stereocenters. The SMILES string of the molecule is COCCN(Cc1ccc(F)c(CN)c1)C1CC1. The van der Waals surface area contributed by atoms with E-state index in [0.29, 0.717) is 11.6 Å². The molecule has 4 heteroatoms. The van der Waals surface area contributed by atoms with Gasteiger partial charge in [-0.25, -0.2) is 4.39 Å². The summed E-state index contributed by atoms with van der Waals surface area (Å²) in [4.78, 5) is 2.40. The van der Waals surface area contributed by atoms with Crippen molar-refractivity contribution >= 4 is 0 Å². The van der Waals surface area contributed by atoms with Crippen LogP contribution in [0, 0.1) is 5.82 Å². The maximum Gasteiger partial charge on any atom is 0.127 e. The quantitative estimate of drug-likeness (QED) is 0.805. The zero-order chi connectivity index (χ0) is 13.0. The minimum absolute atomic E-state index is 0.212. The molecular weight excluding hydrogens is 231 g/mol. The number of halogens is 1. The summed E-state index contributed by atoms with van der Waals surface area (Å²) in [5.74, 6) is -0.212. The summed E-state index contributed by atoms with van der Waals surface area (Å²) in [7, 11) is 1.72. The van der Waals surface area contributed by atoms with Gasteiger partial charge in [0.2, 0.25) is 0 Å². The average molecular weight is 252 g/mol. The first-order valence-corrected chi connectivity index (χ1v) is 6.45. The highest BCUT2D eigenvalue weighted by Gasteiger charge is 2.28. The lowest BCUT2D eigenvalue weighted by Gasteiger charge is -2.22. The predicted molar refractivity (Wildman–Crippen MR) is 69.6 cm³/mol. The molecule has 2 rings (SSSR count). The Morgan fingerprint density at radius 1 is 1.44 bits per heavy atom. The molecule has 0 heterocycles. The Kier molecular flexibility index (Phi) is 4.69. The van der Waals surface area contributed by atoms with E-state index in [0.717, 1.165) is 25.3 Å². The standard InChI is InChI=1S/C14H21FN2O/c1-18-7-6-17(13-3-4-13)10-11-2-5-14(15)12(8-11)9-16/h2,5,8,13H,3-4,6-7,9-10,16H2,1H3.